The van der Waals surface area contributed by atoms with Crippen molar-refractivity contribution in [2.24, 2.45) is 0 Å². The van der Waals surface area contributed by atoms with Gasteiger partial charge in [0, 0.05) is 21.7 Å². The van der Waals surface area contributed by atoms with E-state index in [0.717, 1.165) is 25.6 Å². The first-order chi connectivity index (χ1) is 12.2. The lowest BCUT2D eigenvalue weighted by molar-refractivity contribution is 0.394. The van der Waals surface area contributed by atoms with Crippen molar-refractivity contribution in [2.75, 3.05) is 14.2 Å². The fourth-order valence-corrected chi connectivity index (χ4v) is 3.55. The van der Waals surface area contributed by atoms with Gasteiger partial charge in [-0.1, -0.05) is 39.4 Å². The zero-order chi connectivity index (χ0) is 17.4. The maximum atomic E-state index is 5.33. The van der Waals surface area contributed by atoms with Crippen LogP contribution in [0.15, 0.2) is 46.9 Å². The van der Waals surface area contributed by atoms with Crippen LogP contribution in [0, 0.1) is 0 Å². The zero-order valence-corrected chi connectivity index (χ0v) is 15.8. The fourth-order valence-electron chi connectivity index (χ4n) is 2.44. The number of benzene rings is 2. The Morgan fingerprint density at radius 3 is 2.24 bits per heavy atom. The highest BCUT2D eigenvalue weighted by atomic mass is 79.9. The summed E-state index contributed by atoms with van der Waals surface area (Å²) in [5.74, 6) is 2.02. The lowest BCUT2D eigenvalue weighted by atomic mass is 10.2. The number of ether oxygens (including phenoxy) is 2. The molecule has 0 N–H and O–H groups in total. The molecule has 0 fully saturated rings. The van der Waals surface area contributed by atoms with Gasteiger partial charge in [0.2, 0.25) is 4.96 Å². The van der Waals surface area contributed by atoms with Gasteiger partial charge in [0.25, 0.3) is 0 Å². The highest BCUT2D eigenvalue weighted by Crippen LogP contribution is 2.32. The minimum atomic E-state index is 0.645. The Balaban J connectivity index is 1.82. The summed E-state index contributed by atoms with van der Waals surface area (Å²) >= 11 is 4.94. The molecule has 6 nitrogen and oxygen atoms in total. The molecule has 0 saturated carbocycles. The predicted octanol–water partition coefficient (Wildman–Crippen LogP) is 4.30. The van der Waals surface area contributed by atoms with Gasteiger partial charge in [-0.05, 0) is 24.3 Å². The maximum absolute atomic E-state index is 5.33. The minimum Gasteiger partial charge on any atom is -0.497 e. The van der Waals surface area contributed by atoms with Crippen molar-refractivity contribution < 1.29 is 9.47 Å². The van der Waals surface area contributed by atoms with E-state index in [2.05, 4.69) is 31.2 Å². The summed E-state index contributed by atoms with van der Waals surface area (Å²) in [6, 6.07) is 13.6. The second-order valence-corrected chi connectivity index (χ2v) is 7.11. The molecule has 0 aliphatic heterocycles. The highest BCUT2D eigenvalue weighted by Gasteiger charge is 2.16. The fraction of sp³-hybridized carbons (Fsp3) is 0.118. The van der Waals surface area contributed by atoms with Crippen molar-refractivity contribution in [3.8, 4) is 33.5 Å². The van der Waals surface area contributed by atoms with Crippen LogP contribution in [0.5, 0.6) is 11.5 Å². The summed E-state index contributed by atoms with van der Waals surface area (Å²) in [5, 5.41) is 14.1. The van der Waals surface area contributed by atoms with Crippen LogP contribution in [-0.2, 0) is 0 Å². The average Bonchev–Trinajstić information content (AvgIpc) is 3.22. The summed E-state index contributed by atoms with van der Waals surface area (Å²) < 4.78 is 13.4. The molecule has 25 heavy (non-hydrogen) atoms. The number of nitrogens with zero attached hydrogens (tertiary/aromatic N) is 4. The van der Waals surface area contributed by atoms with Crippen LogP contribution < -0.4 is 9.47 Å². The van der Waals surface area contributed by atoms with E-state index in [1.165, 1.54) is 11.3 Å². The van der Waals surface area contributed by atoms with Crippen LogP contribution in [0.1, 0.15) is 0 Å². The summed E-state index contributed by atoms with van der Waals surface area (Å²) in [6.07, 6.45) is 0. The van der Waals surface area contributed by atoms with Gasteiger partial charge in [-0.2, -0.15) is 9.61 Å². The molecule has 2 heterocycles. The lowest BCUT2D eigenvalue weighted by Crippen LogP contribution is -1.94. The Kier molecular flexibility index (Phi) is 4.14. The number of hydrogen-bond donors (Lipinski definition) is 0. The largest absolute Gasteiger partial charge is 0.497 e. The molecule has 0 aliphatic carbocycles. The van der Waals surface area contributed by atoms with Gasteiger partial charge in [0.15, 0.2) is 5.82 Å². The monoisotopic (exact) mass is 416 g/mol. The van der Waals surface area contributed by atoms with Gasteiger partial charge in [0.1, 0.15) is 16.5 Å². The van der Waals surface area contributed by atoms with Crippen molar-refractivity contribution in [3.05, 3.63) is 46.9 Å². The minimum absolute atomic E-state index is 0.645. The quantitative estimate of drug-likeness (QED) is 0.496. The van der Waals surface area contributed by atoms with E-state index in [-0.39, 0.29) is 0 Å². The van der Waals surface area contributed by atoms with Crippen molar-refractivity contribution in [3.63, 3.8) is 0 Å². The first-order valence-corrected chi connectivity index (χ1v) is 9.00. The van der Waals surface area contributed by atoms with Crippen LogP contribution in [0.2, 0.25) is 0 Å². The van der Waals surface area contributed by atoms with Gasteiger partial charge in [-0.3, -0.25) is 0 Å². The van der Waals surface area contributed by atoms with Crippen LogP contribution >= 0.6 is 27.3 Å². The number of methoxy groups -OCH3 is 2. The molecule has 0 unspecified atom stereocenters. The smallest absolute Gasteiger partial charge is 0.235 e. The van der Waals surface area contributed by atoms with E-state index in [1.807, 2.05) is 42.5 Å². The summed E-state index contributed by atoms with van der Waals surface area (Å²) in [5.41, 5.74) is 1.87. The number of rotatable bonds is 4. The highest BCUT2D eigenvalue weighted by molar-refractivity contribution is 9.10. The van der Waals surface area contributed by atoms with E-state index >= 15 is 0 Å². The zero-order valence-electron chi connectivity index (χ0n) is 13.4. The van der Waals surface area contributed by atoms with Gasteiger partial charge in [-0.25, -0.2) is 0 Å². The molecule has 126 valence electrons. The number of hydrogen-bond acceptors (Lipinski definition) is 6. The molecule has 2 aromatic heterocycles. The molecule has 0 aliphatic rings. The Labute approximate surface area is 156 Å². The molecule has 0 bridgehead atoms. The van der Waals surface area contributed by atoms with Crippen LogP contribution in [0.25, 0.3) is 26.9 Å². The SMILES string of the molecule is COc1cc(OC)cc(-c2nnc3sc(-c4ccc(Br)cc4)nn23)c1. The lowest BCUT2D eigenvalue weighted by Gasteiger charge is -2.06. The summed E-state index contributed by atoms with van der Waals surface area (Å²) in [6.45, 7) is 0. The number of halogens is 1. The number of aromatic nitrogens is 4. The third kappa shape index (κ3) is 2.98. The normalized spacial score (nSPS) is 11.0. The van der Waals surface area contributed by atoms with Crippen LogP contribution in [0.4, 0.5) is 0 Å². The van der Waals surface area contributed by atoms with Crippen molar-refractivity contribution in [1.82, 2.24) is 19.8 Å². The Hall–Kier alpha value is -2.45. The van der Waals surface area contributed by atoms with E-state index in [1.54, 1.807) is 18.7 Å². The molecular formula is C17H13BrN4O2S. The molecule has 0 saturated heterocycles. The Morgan fingerprint density at radius 1 is 0.920 bits per heavy atom. The van der Waals surface area contributed by atoms with Crippen LogP contribution in [0.3, 0.4) is 0 Å². The molecular weight excluding hydrogens is 404 g/mol. The maximum Gasteiger partial charge on any atom is 0.235 e. The molecule has 0 radical (unpaired) electrons. The van der Waals surface area contributed by atoms with Crippen molar-refractivity contribution >= 4 is 32.2 Å². The molecule has 2 aromatic carbocycles. The number of fused-ring (bicyclic) bond motifs is 1. The van der Waals surface area contributed by atoms with E-state index in [9.17, 15) is 0 Å². The van der Waals surface area contributed by atoms with E-state index in [4.69, 9.17) is 9.47 Å². The first-order valence-electron chi connectivity index (χ1n) is 7.39. The first kappa shape index (κ1) is 16.0. The predicted molar refractivity (Wildman–Crippen MR) is 100 cm³/mol. The molecule has 0 spiro atoms. The van der Waals surface area contributed by atoms with Crippen LogP contribution in [-0.4, -0.2) is 34.0 Å². The molecule has 4 aromatic rings. The standard InChI is InChI=1S/C17H13BrN4O2S/c1-23-13-7-11(8-14(9-13)24-2)15-19-20-17-22(15)21-16(25-17)10-3-5-12(18)6-4-10/h3-9H,1-2H3. The Bertz CT molecular complexity index is 1020. The van der Waals surface area contributed by atoms with Gasteiger partial charge < -0.3 is 9.47 Å². The molecule has 8 heteroatoms. The summed E-state index contributed by atoms with van der Waals surface area (Å²) in [4.78, 5) is 0.731. The second kappa shape index (κ2) is 6.45. The third-order valence-electron chi connectivity index (χ3n) is 3.69. The van der Waals surface area contributed by atoms with Crippen molar-refractivity contribution in [2.45, 2.75) is 0 Å². The topological polar surface area (TPSA) is 61.5 Å². The third-order valence-corrected chi connectivity index (χ3v) is 5.17. The Morgan fingerprint density at radius 2 is 1.60 bits per heavy atom. The van der Waals surface area contributed by atoms with Gasteiger partial charge in [0.05, 0.1) is 14.2 Å². The molecule has 0 amide bonds. The van der Waals surface area contributed by atoms with Crippen molar-refractivity contribution in [1.29, 1.82) is 0 Å². The van der Waals surface area contributed by atoms with Gasteiger partial charge >= 0.3 is 0 Å². The average molecular weight is 417 g/mol. The summed E-state index contributed by atoms with van der Waals surface area (Å²) in [7, 11) is 3.23. The molecule has 4 rings (SSSR count). The van der Waals surface area contributed by atoms with E-state index in [0.29, 0.717) is 17.3 Å². The second-order valence-electron chi connectivity index (χ2n) is 5.23. The molecule has 0 atom stereocenters. The van der Waals surface area contributed by atoms with E-state index < -0.39 is 0 Å². The van der Waals surface area contributed by atoms with Gasteiger partial charge in [-0.15, -0.1) is 10.2 Å².